The maximum atomic E-state index is 14.0. The minimum Gasteiger partial charge on any atom is -0.444 e. The van der Waals surface area contributed by atoms with E-state index < -0.39 is 5.60 Å². The number of ether oxygens (including phenoxy) is 1. The summed E-state index contributed by atoms with van der Waals surface area (Å²) in [5.74, 6) is 7.67. The minimum atomic E-state index is -0.502. The lowest BCUT2D eigenvalue weighted by atomic mass is 9.79. The highest BCUT2D eigenvalue weighted by atomic mass is 16.6. The van der Waals surface area contributed by atoms with Crippen molar-refractivity contribution < 1.29 is 14.3 Å². The quantitative estimate of drug-likeness (QED) is 0.238. The van der Waals surface area contributed by atoms with Gasteiger partial charge in [0.1, 0.15) is 5.60 Å². The SMILES string of the molecule is CCCC#Cc1ccc(CN(C(=O)[C@H]2CC[C@H](CCCCC)CC2)C2CCN(C(=O)OC(C)(C)C)CC2)cc1. The third-order valence-corrected chi connectivity index (χ3v) is 8.17. The number of carbonyl (C=O) groups is 2. The highest BCUT2D eigenvalue weighted by Gasteiger charge is 2.35. The van der Waals surface area contributed by atoms with Crippen molar-refractivity contribution in [1.82, 2.24) is 9.80 Å². The van der Waals surface area contributed by atoms with Gasteiger partial charge in [0, 0.05) is 43.6 Å². The Morgan fingerprint density at radius 1 is 0.949 bits per heavy atom. The molecule has 0 bridgehead atoms. The van der Waals surface area contributed by atoms with Crippen molar-refractivity contribution >= 4 is 12.0 Å². The summed E-state index contributed by atoms with van der Waals surface area (Å²) in [4.78, 5) is 30.6. The zero-order valence-corrected chi connectivity index (χ0v) is 25.3. The van der Waals surface area contributed by atoms with Gasteiger partial charge in [0.15, 0.2) is 0 Å². The summed E-state index contributed by atoms with van der Waals surface area (Å²) in [6, 6.07) is 8.54. The monoisotopic (exact) mass is 536 g/mol. The topological polar surface area (TPSA) is 49.9 Å². The van der Waals surface area contributed by atoms with Gasteiger partial charge in [-0.2, -0.15) is 0 Å². The lowest BCUT2D eigenvalue weighted by Gasteiger charge is -2.41. The molecule has 216 valence electrons. The van der Waals surface area contributed by atoms with Crippen molar-refractivity contribution in [2.24, 2.45) is 11.8 Å². The van der Waals surface area contributed by atoms with Crippen LogP contribution < -0.4 is 0 Å². The largest absolute Gasteiger partial charge is 0.444 e. The Morgan fingerprint density at radius 2 is 1.62 bits per heavy atom. The Balaban J connectivity index is 1.67. The van der Waals surface area contributed by atoms with Crippen molar-refractivity contribution in [2.75, 3.05) is 13.1 Å². The normalized spacial score (nSPS) is 20.2. The molecule has 1 heterocycles. The van der Waals surface area contributed by atoms with Crippen molar-refractivity contribution in [1.29, 1.82) is 0 Å². The van der Waals surface area contributed by atoms with Crippen LogP contribution in [-0.2, 0) is 16.1 Å². The Labute approximate surface area is 238 Å². The maximum absolute atomic E-state index is 14.0. The molecule has 5 nitrogen and oxygen atoms in total. The van der Waals surface area contributed by atoms with Gasteiger partial charge in [0.05, 0.1) is 0 Å². The Kier molecular flexibility index (Phi) is 12.2. The van der Waals surface area contributed by atoms with E-state index in [1.165, 1.54) is 38.5 Å². The molecule has 3 rings (SSSR count). The standard InChI is InChI=1S/C34H52N2O3/c1-6-8-10-12-27-14-16-29(17-15-27)26-36(31-22-24-35(25-23-31)33(38)39-34(3,4)5)32(37)30-20-18-28(19-21-30)13-11-9-7-2/h14-17,28,30-31H,6-9,11,13,18-26H2,1-5H3/t28-,30-. The number of hydrogen-bond acceptors (Lipinski definition) is 3. The molecule has 0 atom stereocenters. The Bertz CT molecular complexity index is 953. The summed E-state index contributed by atoms with van der Waals surface area (Å²) in [7, 11) is 0. The molecule has 1 aromatic carbocycles. The molecular formula is C34H52N2O3. The van der Waals surface area contributed by atoms with E-state index in [1.54, 1.807) is 4.90 Å². The number of piperidine rings is 1. The van der Waals surface area contributed by atoms with Crippen molar-refractivity contribution in [2.45, 2.75) is 130 Å². The summed E-state index contributed by atoms with van der Waals surface area (Å²) < 4.78 is 5.60. The van der Waals surface area contributed by atoms with Gasteiger partial charge in [-0.1, -0.05) is 63.5 Å². The van der Waals surface area contributed by atoms with E-state index in [1.807, 2.05) is 20.8 Å². The van der Waals surface area contributed by atoms with E-state index in [-0.39, 0.29) is 18.1 Å². The number of carbonyl (C=O) groups excluding carboxylic acids is 2. The third-order valence-electron chi connectivity index (χ3n) is 8.17. The lowest BCUT2D eigenvalue weighted by Crippen LogP contribution is -2.50. The molecule has 0 unspecified atom stereocenters. The molecule has 2 amide bonds. The summed E-state index contributed by atoms with van der Waals surface area (Å²) in [6.07, 6.45) is 12.9. The number of rotatable bonds is 9. The van der Waals surface area contributed by atoms with Crippen LogP contribution >= 0.6 is 0 Å². The molecule has 0 spiro atoms. The highest BCUT2D eigenvalue weighted by molar-refractivity contribution is 5.79. The fourth-order valence-electron chi connectivity index (χ4n) is 5.87. The molecule has 2 fully saturated rings. The van der Waals surface area contributed by atoms with Gasteiger partial charge in [-0.3, -0.25) is 4.79 Å². The van der Waals surface area contributed by atoms with Gasteiger partial charge in [-0.15, -0.1) is 0 Å². The van der Waals surface area contributed by atoms with E-state index in [0.717, 1.165) is 55.6 Å². The number of hydrogen-bond donors (Lipinski definition) is 0. The van der Waals surface area contributed by atoms with Crippen molar-refractivity contribution in [3.63, 3.8) is 0 Å². The van der Waals surface area contributed by atoms with Crippen LogP contribution in [-0.4, -0.2) is 46.5 Å². The number of amides is 2. The molecule has 1 saturated carbocycles. The van der Waals surface area contributed by atoms with Crippen LogP contribution in [0.2, 0.25) is 0 Å². The van der Waals surface area contributed by atoms with E-state index in [0.29, 0.717) is 25.5 Å². The van der Waals surface area contributed by atoms with Crippen LogP contribution in [0.3, 0.4) is 0 Å². The predicted molar refractivity (Wildman–Crippen MR) is 159 cm³/mol. The third kappa shape index (κ3) is 10.2. The van der Waals surface area contributed by atoms with Gasteiger partial charge in [-0.05, 0) is 89.3 Å². The van der Waals surface area contributed by atoms with Gasteiger partial charge in [-0.25, -0.2) is 4.79 Å². The average molecular weight is 537 g/mol. The summed E-state index contributed by atoms with van der Waals surface area (Å²) in [6.45, 7) is 12.0. The number of nitrogens with zero attached hydrogens (tertiary/aromatic N) is 2. The van der Waals surface area contributed by atoms with E-state index in [2.05, 4.69) is 54.9 Å². The molecule has 0 aromatic heterocycles. The predicted octanol–water partition coefficient (Wildman–Crippen LogP) is 7.95. The van der Waals surface area contributed by atoms with Crippen LogP contribution in [0.1, 0.15) is 123 Å². The molecule has 2 aliphatic rings. The first-order valence-corrected chi connectivity index (χ1v) is 15.6. The van der Waals surface area contributed by atoms with Gasteiger partial charge in [0.2, 0.25) is 5.91 Å². The first-order chi connectivity index (χ1) is 18.7. The Hall–Kier alpha value is -2.48. The van der Waals surface area contributed by atoms with Gasteiger partial charge >= 0.3 is 6.09 Å². The molecule has 1 aliphatic heterocycles. The van der Waals surface area contributed by atoms with Crippen LogP contribution in [0.25, 0.3) is 0 Å². The molecular weight excluding hydrogens is 484 g/mol. The van der Waals surface area contributed by atoms with Crippen molar-refractivity contribution in [3.8, 4) is 11.8 Å². The molecule has 5 heteroatoms. The molecule has 0 radical (unpaired) electrons. The van der Waals surface area contributed by atoms with Crippen molar-refractivity contribution in [3.05, 3.63) is 35.4 Å². The van der Waals surface area contributed by atoms with Crippen LogP contribution in [0, 0.1) is 23.7 Å². The van der Waals surface area contributed by atoms with Crippen LogP contribution in [0.15, 0.2) is 24.3 Å². The van der Waals surface area contributed by atoms with E-state index in [9.17, 15) is 9.59 Å². The second-order valence-corrected chi connectivity index (χ2v) is 12.6. The van der Waals surface area contributed by atoms with Crippen LogP contribution in [0.4, 0.5) is 4.79 Å². The number of unbranched alkanes of at least 4 members (excludes halogenated alkanes) is 3. The molecule has 39 heavy (non-hydrogen) atoms. The first-order valence-electron chi connectivity index (χ1n) is 15.6. The number of benzene rings is 1. The summed E-state index contributed by atoms with van der Waals surface area (Å²) in [5.41, 5.74) is 1.67. The highest BCUT2D eigenvalue weighted by Crippen LogP contribution is 2.34. The zero-order valence-electron chi connectivity index (χ0n) is 25.3. The number of likely N-dealkylation sites (tertiary alicyclic amines) is 1. The summed E-state index contributed by atoms with van der Waals surface area (Å²) >= 11 is 0. The maximum Gasteiger partial charge on any atom is 0.410 e. The van der Waals surface area contributed by atoms with Gasteiger partial charge < -0.3 is 14.5 Å². The molecule has 1 aliphatic carbocycles. The second-order valence-electron chi connectivity index (χ2n) is 12.6. The first kappa shape index (κ1) is 31.1. The minimum absolute atomic E-state index is 0.121. The lowest BCUT2D eigenvalue weighted by molar-refractivity contribution is -0.141. The van der Waals surface area contributed by atoms with Gasteiger partial charge in [0.25, 0.3) is 0 Å². The van der Waals surface area contributed by atoms with E-state index in [4.69, 9.17) is 4.74 Å². The smallest absolute Gasteiger partial charge is 0.410 e. The molecule has 0 N–H and O–H groups in total. The summed E-state index contributed by atoms with van der Waals surface area (Å²) in [5, 5.41) is 0. The fraction of sp³-hybridized carbons (Fsp3) is 0.706. The fourth-order valence-corrected chi connectivity index (χ4v) is 5.87. The second kappa shape index (κ2) is 15.3. The van der Waals surface area contributed by atoms with Crippen LogP contribution in [0.5, 0.6) is 0 Å². The Morgan fingerprint density at radius 3 is 2.21 bits per heavy atom. The van der Waals surface area contributed by atoms with E-state index >= 15 is 0 Å². The molecule has 1 aromatic rings. The average Bonchev–Trinajstić information content (AvgIpc) is 2.92. The zero-order chi connectivity index (χ0) is 28.3. The molecule has 1 saturated heterocycles.